The molecule has 0 radical (unpaired) electrons. The van der Waals surface area contributed by atoms with Crippen LogP contribution in [0.4, 0.5) is 10.1 Å². The lowest BCUT2D eigenvalue weighted by Gasteiger charge is -2.12. The number of anilines is 1. The zero-order valence-corrected chi connectivity index (χ0v) is 14.7. The van der Waals surface area contributed by atoms with Crippen LogP contribution in [0, 0.1) is 5.82 Å². The molecule has 0 atom stereocenters. The number of nitrogens with zero attached hydrogens (tertiary/aromatic N) is 3. The summed E-state index contributed by atoms with van der Waals surface area (Å²) in [6.07, 6.45) is 3.93. The molecule has 3 aromatic rings. The molecule has 0 spiro atoms. The van der Waals surface area contributed by atoms with Gasteiger partial charge in [-0.25, -0.2) is 4.39 Å². The fourth-order valence-corrected chi connectivity index (χ4v) is 2.55. The summed E-state index contributed by atoms with van der Waals surface area (Å²) in [4.78, 5) is 2.04. The smallest absolute Gasteiger partial charge is 0.240 e. The first-order valence-electron chi connectivity index (χ1n) is 7.73. The normalized spacial score (nSPS) is 11.2. The van der Waals surface area contributed by atoms with Crippen LogP contribution in [-0.4, -0.2) is 24.3 Å². The van der Waals surface area contributed by atoms with Crippen LogP contribution in [0.2, 0.25) is 5.02 Å². The summed E-state index contributed by atoms with van der Waals surface area (Å²) < 4.78 is 18.7. The van der Waals surface area contributed by atoms with E-state index in [0.29, 0.717) is 28.8 Å². The van der Waals surface area contributed by atoms with Crippen molar-refractivity contribution in [2.45, 2.75) is 6.42 Å². The van der Waals surface area contributed by atoms with Crippen molar-refractivity contribution < 1.29 is 8.81 Å². The SMILES string of the molecule is CN(C)c1cccc(Cc2nnc(C=Cc3ccc(F)cc3Cl)o2)c1. The summed E-state index contributed by atoms with van der Waals surface area (Å²) in [5, 5.41) is 8.39. The third kappa shape index (κ3) is 4.45. The summed E-state index contributed by atoms with van der Waals surface area (Å²) in [5.41, 5.74) is 2.89. The molecule has 0 aliphatic carbocycles. The van der Waals surface area contributed by atoms with E-state index in [1.165, 1.54) is 12.1 Å². The zero-order chi connectivity index (χ0) is 17.8. The molecule has 0 fully saturated rings. The number of aromatic nitrogens is 2. The van der Waals surface area contributed by atoms with Crippen LogP contribution < -0.4 is 4.90 Å². The Hall–Kier alpha value is -2.66. The highest BCUT2D eigenvalue weighted by molar-refractivity contribution is 6.32. The van der Waals surface area contributed by atoms with E-state index < -0.39 is 0 Å². The van der Waals surface area contributed by atoms with Crippen molar-refractivity contribution in [2.24, 2.45) is 0 Å². The molecule has 4 nitrogen and oxygen atoms in total. The van der Waals surface area contributed by atoms with E-state index in [1.54, 1.807) is 18.2 Å². The first kappa shape index (κ1) is 17.2. The first-order valence-corrected chi connectivity index (χ1v) is 8.11. The molecule has 1 heterocycles. The van der Waals surface area contributed by atoms with Crippen molar-refractivity contribution in [1.29, 1.82) is 0 Å². The monoisotopic (exact) mass is 357 g/mol. The van der Waals surface area contributed by atoms with Gasteiger partial charge >= 0.3 is 0 Å². The van der Waals surface area contributed by atoms with Crippen LogP contribution in [0.25, 0.3) is 12.2 Å². The fourth-order valence-electron chi connectivity index (χ4n) is 2.32. The maximum atomic E-state index is 13.0. The quantitative estimate of drug-likeness (QED) is 0.664. The highest BCUT2D eigenvalue weighted by atomic mass is 35.5. The van der Waals surface area contributed by atoms with Crippen LogP contribution in [0.1, 0.15) is 22.9 Å². The number of hydrogen-bond donors (Lipinski definition) is 0. The molecule has 0 N–H and O–H groups in total. The van der Waals surface area contributed by atoms with Crippen molar-refractivity contribution in [2.75, 3.05) is 19.0 Å². The Morgan fingerprint density at radius 3 is 2.72 bits per heavy atom. The molecule has 0 amide bonds. The Labute approximate surface area is 150 Å². The maximum Gasteiger partial charge on any atom is 0.240 e. The third-order valence-corrected chi connectivity index (χ3v) is 3.96. The Morgan fingerprint density at radius 1 is 1.12 bits per heavy atom. The lowest BCUT2D eigenvalue weighted by molar-refractivity contribution is 0.496. The molecular weight excluding hydrogens is 341 g/mol. The van der Waals surface area contributed by atoms with Gasteiger partial charge in [-0.1, -0.05) is 29.8 Å². The molecule has 0 unspecified atom stereocenters. The van der Waals surface area contributed by atoms with Crippen molar-refractivity contribution >= 4 is 29.4 Å². The van der Waals surface area contributed by atoms with Crippen LogP contribution in [0.3, 0.4) is 0 Å². The van der Waals surface area contributed by atoms with Crippen molar-refractivity contribution in [3.05, 3.63) is 76.2 Å². The lowest BCUT2D eigenvalue weighted by Crippen LogP contribution is -2.08. The Bertz CT molecular complexity index is 905. The van der Waals surface area contributed by atoms with Gasteiger partial charge in [0.1, 0.15) is 5.82 Å². The summed E-state index contributed by atoms with van der Waals surface area (Å²) >= 11 is 5.99. The van der Waals surface area contributed by atoms with Gasteiger partial charge in [-0.05, 0) is 41.5 Å². The van der Waals surface area contributed by atoms with Gasteiger partial charge in [-0.15, -0.1) is 10.2 Å². The van der Waals surface area contributed by atoms with Crippen LogP contribution >= 0.6 is 11.6 Å². The summed E-state index contributed by atoms with van der Waals surface area (Å²) in [6, 6.07) is 12.3. The van der Waals surface area contributed by atoms with E-state index >= 15 is 0 Å². The van der Waals surface area contributed by atoms with E-state index in [-0.39, 0.29) is 5.82 Å². The van der Waals surface area contributed by atoms with Gasteiger partial charge in [0.2, 0.25) is 11.8 Å². The second-order valence-electron chi connectivity index (χ2n) is 5.77. The topological polar surface area (TPSA) is 42.2 Å². The van der Waals surface area contributed by atoms with Gasteiger partial charge in [0.05, 0.1) is 11.4 Å². The molecule has 2 aromatic carbocycles. The number of hydrogen-bond acceptors (Lipinski definition) is 4. The van der Waals surface area contributed by atoms with Gasteiger partial charge in [0.15, 0.2) is 0 Å². The van der Waals surface area contributed by atoms with Crippen molar-refractivity contribution in [3.8, 4) is 0 Å². The average Bonchev–Trinajstić information content (AvgIpc) is 3.01. The minimum Gasteiger partial charge on any atom is -0.421 e. The number of benzene rings is 2. The van der Waals surface area contributed by atoms with Crippen LogP contribution in [-0.2, 0) is 6.42 Å². The van der Waals surface area contributed by atoms with Gasteiger partial charge in [-0.2, -0.15) is 0 Å². The predicted molar refractivity (Wildman–Crippen MR) is 98.2 cm³/mol. The summed E-state index contributed by atoms with van der Waals surface area (Å²) in [5.74, 6) is 0.530. The van der Waals surface area contributed by atoms with Crippen molar-refractivity contribution in [3.63, 3.8) is 0 Å². The second-order valence-corrected chi connectivity index (χ2v) is 6.18. The second kappa shape index (κ2) is 7.49. The molecule has 0 aliphatic heterocycles. The fraction of sp³-hybridized carbons (Fsp3) is 0.158. The van der Waals surface area contributed by atoms with E-state index in [4.69, 9.17) is 16.0 Å². The Balaban J connectivity index is 1.72. The van der Waals surface area contributed by atoms with E-state index in [1.807, 2.05) is 37.2 Å². The predicted octanol–water partition coefficient (Wildman–Crippen LogP) is 4.69. The maximum absolute atomic E-state index is 13.0. The van der Waals surface area contributed by atoms with Gasteiger partial charge in [-0.3, -0.25) is 0 Å². The molecule has 25 heavy (non-hydrogen) atoms. The molecule has 6 heteroatoms. The minimum atomic E-state index is -0.373. The van der Waals surface area contributed by atoms with Gasteiger partial charge in [0, 0.05) is 25.9 Å². The zero-order valence-electron chi connectivity index (χ0n) is 13.9. The third-order valence-electron chi connectivity index (χ3n) is 3.63. The highest BCUT2D eigenvalue weighted by Crippen LogP contribution is 2.20. The van der Waals surface area contributed by atoms with E-state index in [0.717, 1.165) is 11.3 Å². The van der Waals surface area contributed by atoms with E-state index in [9.17, 15) is 4.39 Å². The van der Waals surface area contributed by atoms with E-state index in [2.05, 4.69) is 16.3 Å². The largest absolute Gasteiger partial charge is 0.421 e. The van der Waals surface area contributed by atoms with Crippen LogP contribution in [0.5, 0.6) is 0 Å². The average molecular weight is 358 g/mol. The molecule has 0 saturated heterocycles. The molecular formula is C19H17ClFN3O. The van der Waals surface area contributed by atoms with Gasteiger partial charge < -0.3 is 9.32 Å². The lowest BCUT2D eigenvalue weighted by atomic mass is 10.1. The van der Waals surface area contributed by atoms with Crippen molar-refractivity contribution in [1.82, 2.24) is 10.2 Å². The molecule has 128 valence electrons. The highest BCUT2D eigenvalue weighted by Gasteiger charge is 2.07. The molecule has 3 rings (SSSR count). The molecule has 1 aromatic heterocycles. The minimum absolute atomic E-state index is 0.330. The number of halogens is 2. The standard InChI is InChI=1S/C19H17ClFN3O/c1-24(2)16-5-3-4-13(10-16)11-19-23-22-18(25-19)9-7-14-6-8-15(21)12-17(14)20/h3-10,12H,11H2,1-2H3. The molecule has 0 bridgehead atoms. The Morgan fingerprint density at radius 2 is 1.96 bits per heavy atom. The van der Waals surface area contributed by atoms with Gasteiger partial charge in [0.25, 0.3) is 0 Å². The molecule has 0 aliphatic rings. The Kier molecular flexibility index (Phi) is 5.14. The summed E-state index contributed by atoms with van der Waals surface area (Å²) in [6.45, 7) is 0. The first-order chi connectivity index (χ1) is 12.0. The molecule has 0 saturated carbocycles. The van der Waals surface area contributed by atoms with Crippen LogP contribution in [0.15, 0.2) is 46.9 Å². The number of rotatable bonds is 5. The summed E-state index contributed by atoms with van der Waals surface area (Å²) in [7, 11) is 3.99.